The van der Waals surface area contributed by atoms with E-state index < -0.39 is 9.84 Å². The van der Waals surface area contributed by atoms with E-state index in [1.54, 1.807) is 18.3 Å². The molecule has 1 aliphatic heterocycles. The van der Waals surface area contributed by atoms with E-state index >= 15 is 0 Å². The van der Waals surface area contributed by atoms with Gasteiger partial charge in [-0.05, 0) is 24.1 Å². The second kappa shape index (κ2) is 7.48. The van der Waals surface area contributed by atoms with Gasteiger partial charge >= 0.3 is 0 Å². The molecule has 1 unspecified atom stereocenters. The van der Waals surface area contributed by atoms with Crippen LogP contribution in [0, 0.1) is 0 Å². The number of benzene rings is 2. The molecule has 0 aliphatic carbocycles. The summed E-state index contributed by atoms with van der Waals surface area (Å²) in [6, 6.07) is 16.6. The van der Waals surface area contributed by atoms with Crippen LogP contribution in [-0.2, 0) is 9.84 Å². The monoisotopic (exact) mass is 412 g/mol. The highest BCUT2D eigenvalue weighted by molar-refractivity contribution is 7.90. The minimum atomic E-state index is -3.35. The van der Waals surface area contributed by atoms with E-state index in [0.29, 0.717) is 16.4 Å². The molecular formula is C21H20N2O3S2. The van der Waals surface area contributed by atoms with Gasteiger partial charge in [0.15, 0.2) is 15.0 Å². The van der Waals surface area contributed by atoms with Crippen molar-refractivity contribution >= 4 is 32.1 Å². The number of thiazole rings is 1. The Kier molecular flexibility index (Phi) is 5.03. The smallest absolute Gasteiger partial charge is 0.204 e. The highest BCUT2D eigenvalue weighted by atomic mass is 32.2. The first-order valence-corrected chi connectivity index (χ1v) is 11.7. The first-order valence-electron chi connectivity index (χ1n) is 9.02. The van der Waals surface area contributed by atoms with Gasteiger partial charge in [0.25, 0.3) is 0 Å². The van der Waals surface area contributed by atoms with Crippen molar-refractivity contribution in [1.82, 2.24) is 4.98 Å². The first kappa shape index (κ1) is 18.8. The Hall–Kier alpha value is -2.51. The third-order valence-electron chi connectivity index (χ3n) is 4.97. The minimum Gasteiger partial charge on any atom is -0.347 e. The molecule has 7 heteroatoms. The lowest BCUT2D eigenvalue weighted by Gasteiger charge is -2.15. The van der Waals surface area contributed by atoms with Gasteiger partial charge in [-0.2, -0.15) is 0 Å². The molecular weight excluding hydrogens is 392 g/mol. The van der Waals surface area contributed by atoms with E-state index in [1.807, 2.05) is 6.07 Å². The van der Waals surface area contributed by atoms with Gasteiger partial charge in [0, 0.05) is 30.8 Å². The van der Waals surface area contributed by atoms with Crippen LogP contribution >= 0.6 is 11.3 Å². The summed E-state index contributed by atoms with van der Waals surface area (Å²) in [4.78, 5) is 20.1. The van der Waals surface area contributed by atoms with Crippen LogP contribution in [0.15, 0.2) is 65.7 Å². The van der Waals surface area contributed by atoms with Crippen LogP contribution in [0.2, 0.25) is 0 Å². The van der Waals surface area contributed by atoms with Gasteiger partial charge in [-0.3, -0.25) is 4.79 Å². The Morgan fingerprint density at radius 2 is 1.93 bits per heavy atom. The summed E-state index contributed by atoms with van der Waals surface area (Å²) < 4.78 is 23.5. The van der Waals surface area contributed by atoms with Crippen LogP contribution in [0.25, 0.3) is 0 Å². The number of ketones is 1. The number of aromatic nitrogens is 1. The van der Waals surface area contributed by atoms with Gasteiger partial charge in [-0.25, -0.2) is 13.4 Å². The van der Waals surface area contributed by atoms with Crippen LogP contribution in [0.3, 0.4) is 0 Å². The van der Waals surface area contributed by atoms with E-state index in [2.05, 4.69) is 34.1 Å². The molecule has 0 radical (unpaired) electrons. The number of rotatable bonds is 5. The second-order valence-electron chi connectivity index (χ2n) is 6.98. The average molecular weight is 413 g/mol. The zero-order chi connectivity index (χ0) is 19.7. The molecule has 1 saturated heterocycles. The van der Waals surface area contributed by atoms with Gasteiger partial charge in [-0.15, -0.1) is 0 Å². The largest absolute Gasteiger partial charge is 0.347 e. The van der Waals surface area contributed by atoms with Crippen molar-refractivity contribution in [3.8, 4) is 0 Å². The minimum absolute atomic E-state index is 0.147. The average Bonchev–Trinajstić information content (AvgIpc) is 3.37. The number of nitrogens with zero attached hydrogens (tertiary/aromatic N) is 2. The molecule has 5 nitrogen and oxygen atoms in total. The van der Waals surface area contributed by atoms with Crippen LogP contribution in [0.5, 0.6) is 0 Å². The second-order valence-corrected chi connectivity index (χ2v) is 10.0. The topological polar surface area (TPSA) is 67.3 Å². The molecule has 1 atom stereocenters. The van der Waals surface area contributed by atoms with Gasteiger partial charge < -0.3 is 4.90 Å². The maximum Gasteiger partial charge on any atom is 0.204 e. The van der Waals surface area contributed by atoms with Crippen LogP contribution in [0.1, 0.15) is 33.1 Å². The predicted molar refractivity (Wildman–Crippen MR) is 111 cm³/mol. The van der Waals surface area contributed by atoms with Gasteiger partial charge in [0.1, 0.15) is 0 Å². The fourth-order valence-corrected chi connectivity index (χ4v) is 5.04. The molecule has 0 saturated carbocycles. The van der Waals surface area contributed by atoms with Crippen molar-refractivity contribution in [2.24, 2.45) is 0 Å². The lowest BCUT2D eigenvalue weighted by Crippen LogP contribution is -2.18. The maximum absolute atomic E-state index is 12.8. The van der Waals surface area contributed by atoms with Gasteiger partial charge in [-0.1, -0.05) is 53.8 Å². The van der Waals surface area contributed by atoms with Crippen molar-refractivity contribution in [3.05, 3.63) is 76.8 Å². The summed E-state index contributed by atoms with van der Waals surface area (Å²) in [7, 11) is -3.35. The van der Waals surface area contributed by atoms with Crippen LogP contribution in [-0.4, -0.2) is 38.5 Å². The summed E-state index contributed by atoms with van der Waals surface area (Å²) in [5.41, 5.74) is 1.69. The number of carbonyl (C=O) groups excluding carboxylic acids is 1. The molecule has 3 aromatic rings. The summed E-state index contributed by atoms with van der Waals surface area (Å²) in [6.45, 7) is 1.79. The number of hydrogen-bond acceptors (Lipinski definition) is 6. The Balaban J connectivity index is 1.51. The number of carbonyl (C=O) groups is 1. The van der Waals surface area contributed by atoms with Crippen molar-refractivity contribution in [2.75, 3.05) is 24.2 Å². The molecule has 1 aromatic heterocycles. The quantitative estimate of drug-likeness (QED) is 0.597. The molecule has 2 heterocycles. The summed E-state index contributed by atoms with van der Waals surface area (Å²) >= 11 is 1.36. The summed E-state index contributed by atoms with van der Waals surface area (Å²) in [5, 5.41) is 0.834. The fraction of sp³-hybridized carbons (Fsp3) is 0.238. The number of sulfone groups is 1. The maximum atomic E-state index is 12.8. The molecule has 0 N–H and O–H groups in total. The molecule has 0 amide bonds. The zero-order valence-corrected chi connectivity index (χ0v) is 17.0. The van der Waals surface area contributed by atoms with E-state index in [1.165, 1.54) is 29.0 Å². The third kappa shape index (κ3) is 3.86. The van der Waals surface area contributed by atoms with Crippen molar-refractivity contribution < 1.29 is 13.2 Å². The Bertz CT molecular complexity index is 1110. The molecule has 144 valence electrons. The zero-order valence-electron chi connectivity index (χ0n) is 15.4. The Labute approximate surface area is 168 Å². The SMILES string of the molecule is CS(=O)(=O)c1cccc(C(=O)c2cnc(N3CCC(c4ccccc4)C3)s2)c1. The standard InChI is InChI=1S/C21H20N2O3S2/c1-28(25,26)18-9-5-8-16(12-18)20(24)19-13-22-21(27-19)23-11-10-17(14-23)15-6-3-2-4-7-15/h2-9,12-13,17H,10-11,14H2,1H3. The van der Waals surface area contributed by atoms with Gasteiger partial charge in [0.05, 0.1) is 16.0 Å². The van der Waals surface area contributed by atoms with E-state index in [-0.39, 0.29) is 10.7 Å². The molecule has 0 spiro atoms. The first-order chi connectivity index (χ1) is 13.4. The number of hydrogen-bond donors (Lipinski definition) is 0. The summed E-state index contributed by atoms with van der Waals surface area (Å²) in [6.07, 6.45) is 3.78. The lowest BCUT2D eigenvalue weighted by atomic mass is 9.99. The molecule has 28 heavy (non-hydrogen) atoms. The Morgan fingerprint density at radius 1 is 1.14 bits per heavy atom. The molecule has 1 fully saturated rings. The molecule has 2 aromatic carbocycles. The summed E-state index contributed by atoms with van der Waals surface area (Å²) in [5.74, 6) is 0.267. The Morgan fingerprint density at radius 3 is 2.68 bits per heavy atom. The normalized spacial score (nSPS) is 17.0. The van der Waals surface area contributed by atoms with E-state index in [9.17, 15) is 13.2 Å². The van der Waals surface area contributed by atoms with Gasteiger partial charge in [0.2, 0.25) is 5.78 Å². The predicted octanol–water partition coefficient (Wildman–Crippen LogP) is 3.77. The van der Waals surface area contributed by atoms with Crippen molar-refractivity contribution in [3.63, 3.8) is 0 Å². The van der Waals surface area contributed by atoms with E-state index in [0.717, 1.165) is 30.9 Å². The highest BCUT2D eigenvalue weighted by Gasteiger charge is 2.26. The van der Waals surface area contributed by atoms with Crippen molar-refractivity contribution in [2.45, 2.75) is 17.2 Å². The fourth-order valence-electron chi connectivity index (χ4n) is 3.46. The number of anilines is 1. The lowest BCUT2D eigenvalue weighted by molar-refractivity contribution is 0.104. The third-order valence-corrected chi connectivity index (χ3v) is 7.14. The highest BCUT2D eigenvalue weighted by Crippen LogP contribution is 2.33. The van der Waals surface area contributed by atoms with Crippen LogP contribution < -0.4 is 4.90 Å². The van der Waals surface area contributed by atoms with Crippen molar-refractivity contribution in [1.29, 1.82) is 0 Å². The van der Waals surface area contributed by atoms with E-state index in [4.69, 9.17) is 0 Å². The molecule has 4 rings (SSSR count). The van der Waals surface area contributed by atoms with Crippen LogP contribution in [0.4, 0.5) is 5.13 Å². The molecule has 1 aliphatic rings. The molecule has 0 bridgehead atoms.